The van der Waals surface area contributed by atoms with Crippen LogP contribution < -0.4 is 5.32 Å². The van der Waals surface area contributed by atoms with E-state index in [1.807, 2.05) is 73.7 Å². The summed E-state index contributed by atoms with van der Waals surface area (Å²) in [6.45, 7) is 1.89. The van der Waals surface area contributed by atoms with Crippen LogP contribution in [0.15, 0.2) is 72.9 Å². The maximum absolute atomic E-state index is 12.8. The molecule has 0 atom stereocenters. The molecule has 0 saturated heterocycles. The van der Waals surface area contributed by atoms with E-state index in [0.29, 0.717) is 5.78 Å². The van der Waals surface area contributed by atoms with Crippen molar-refractivity contribution in [2.24, 2.45) is 0 Å². The molecule has 0 unspecified atom stereocenters. The maximum atomic E-state index is 12.8. The van der Waals surface area contributed by atoms with Crippen LogP contribution in [0.5, 0.6) is 0 Å². The van der Waals surface area contributed by atoms with Gasteiger partial charge in [0.25, 0.3) is 11.7 Å². The van der Waals surface area contributed by atoms with Crippen molar-refractivity contribution < 1.29 is 4.79 Å². The molecular formula is C20H17N5O. The van der Waals surface area contributed by atoms with Gasteiger partial charge in [0.05, 0.1) is 6.04 Å². The second-order valence-electron chi connectivity index (χ2n) is 5.96. The second-order valence-corrected chi connectivity index (χ2v) is 5.96. The third-order valence-electron chi connectivity index (χ3n) is 4.17. The average Bonchev–Trinajstić information content (AvgIpc) is 3.13. The first-order valence-electron chi connectivity index (χ1n) is 8.31. The van der Waals surface area contributed by atoms with Crippen LogP contribution in [0.3, 0.4) is 0 Å². The summed E-state index contributed by atoms with van der Waals surface area (Å²) in [5, 5.41) is 7.32. The van der Waals surface area contributed by atoms with Gasteiger partial charge in [-0.25, -0.2) is 9.50 Å². The van der Waals surface area contributed by atoms with Gasteiger partial charge in [0.15, 0.2) is 0 Å². The minimum atomic E-state index is -0.340. The van der Waals surface area contributed by atoms with Crippen LogP contribution in [0.2, 0.25) is 0 Å². The highest BCUT2D eigenvalue weighted by molar-refractivity contribution is 5.91. The van der Waals surface area contributed by atoms with Crippen LogP contribution >= 0.6 is 0 Å². The van der Waals surface area contributed by atoms with Gasteiger partial charge < -0.3 is 5.32 Å². The molecule has 0 fully saturated rings. The smallest absolute Gasteiger partial charge is 0.291 e. The van der Waals surface area contributed by atoms with Crippen molar-refractivity contribution in [2.45, 2.75) is 13.0 Å². The summed E-state index contributed by atoms with van der Waals surface area (Å²) >= 11 is 0. The van der Waals surface area contributed by atoms with E-state index in [4.69, 9.17) is 0 Å². The van der Waals surface area contributed by atoms with Crippen molar-refractivity contribution in [3.63, 3.8) is 0 Å². The minimum absolute atomic E-state index is 0.101. The van der Waals surface area contributed by atoms with Gasteiger partial charge in [-0.15, -0.1) is 5.10 Å². The van der Waals surface area contributed by atoms with Gasteiger partial charge in [0, 0.05) is 11.9 Å². The number of benzene rings is 2. The molecule has 0 spiro atoms. The number of aromatic nitrogens is 4. The molecule has 0 radical (unpaired) electrons. The highest BCUT2D eigenvalue weighted by Gasteiger charge is 2.21. The van der Waals surface area contributed by atoms with Gasteiger partial charge in [0.1, 0.15) is 0 Å². The normalized spacial score (nSPS) is 11.0. The lowest BCUT2D eigenvalue weighted by molar-refractivity contribution is 0.0932. The molecule has 0 bridgehead atoms. The van der Waals surface area contributed by atoms with Crippen LogP contribution in [-0.2, 0) is 0 Å². The molecule has 26 heavy (non-hydrogen) atoms. The lowest BCUT2D eigenvalue weighted by Gasteiger charge is -2.19. The number of fused-ring (bicyclic) bond motifs is 1. The van der Waals surface area contributed by atoms with E-state index in [0.717, 1.165) is 16.8 Å². The third kappa shape index (κ3) is 3.04. The molecular weight excluding hydrogens is 326 g/mol. The molecule has 0 aliphatic carbocycles. The van der Waals surface area contributed by atoms with E-state index < -0.39 is 0 Å². The Balaban J connectivity index is 1.68. The number of carbonyl (C=O) groups is 1. The largest absolute Gasteiger partial charge is 0.338 e. The Bertz CT molecular complexity index is 1000. The summed E-state index contributed by atoms with van der Waals surface area (Å²) in [7, 11) is 0. The van der Waals surface area contributed by atoms with Crippen LogP contribution in [0.4, 0.5) is 0 Å². The van der Waals surface area contributed by atoms with E-state index in [1.165, 1.54) is 0 Å². The molecule has 6 heteroatoms. The maximum Gasteiger partial charge on any atom is 0.291 e. The number of nitrogens with one attached hydrogen (secondary N) is 1. The molecule has 4 rings (SSSR count). The Kier molecular flexibility index (Phi) is 4.15. The number of carbonyl (C=O) groups excluding carboxylic acids is 1. The van der Waals surface area contributed by atoms with E-state index in [-0.39, 0.29) is 17.8 Å². The summed E-state index contributed by atoms with van der Waals surface area (Å²) in [5.74, 6) is 0.169. The van der Waals surface area contributed by atoms with Crippen molar-refractivity contribution in [1.29, 1.82) is 0 Å². The average molecular weight is 343 g/mol. The Labute approximate surface area is 150 Å². The van der Waals surface area contributed by atoms with Gasteiger partial charge in [-0.2, -0.15) is 4.98 Å². The number of rotatable bonds is 4. The van der Waals surface area contributed by atoms with Gasteiger partial charge in [-0.05, 0) is 24.1 Å². The Hall–Kier alpha value is -3.54. The molecule has 2 aromatic carbocycles. The second kappa shape index (κ2) is 6.76. The summed E-state index contributed by atoms with van der Waals surface area (Å²) in [5.41, 5.74) is 2.85. The Morgan fingerprint density at radius 3 is 2.15 bits per heavy atom. The molecule has 2 aromatic heterocycles. The molecule has 0 saturated carbocycles. The number of hydrogen-bond donors (Lipinski definition) is 1. The highest BCUT2D eigenvalue weighted by Crippen LogP contribution is 2.22. The van der Waals surface area contributed by atoms with E-state index in [1.54, 1.807) is 10.7 Å². The molecule has 4 aromatic rings. The van der Waals surface area contributed by atoms with Crippen LogP contribution in [0.25, 0.3) is 5.78 Å². The molecule has 2 heterocycles. The first-order valence-corrected chi connectivity index (χ1v) is 8.31. The Morgan fingerprint density at radius 1 is 0.962 bits per heavy atom. The summed E-state index contributed by atoms with van der Waals surface area (Å²) in [6, 6.07) is 21.2. The summed E-state index contributed by atoms with van der Waals surface area (Å²) < 4.78 is 1.56. The predicted molar refractivity (Wildman–Crippen MR) is 97.7 cm³/mol. The van der Waals surface area contributed by atoms with Crippen molar-refractivity contribution >= 4 is 11.7 Å². The zero-order valence-electron chi connectivity index (χ0n) is 14.2. The molecule has 6 nitrogen and oxygen atoms in total. The SMILES string of the molecule is Cc1ccnc2nc(C(=O)NC(c3ccccc3)c3ccccc3)nn12. The molecule has 1 N–H and O–H groups in total. The summed E-state index contributed by atoms with van der Waals surface area (Å²) in [6.07, 6.45) is 1.65. The number of hydrogen-bond acceptors (Lipinski definition) is 4. The number of amides is 1. The van der Waals surface area contributed by atoms with Crippen LogP contribution in [-0.4, -0.2) is 25.5 Å². The fourth-order valence-corrected chi connectivity index (χ4v) is 2.85. The van der Waals surface area contributed by atoms with Gasteiger partial charge in [-0.1, -0.05) is 60.7 Å². The van der Waals surface area contributed by atoms with Crippen molar-refractivity contribution in [2.75, 3.05) is 0 Å². The molecule has 0 aliphatic rings. The van der Waals surface area contributed by atoms with Gasteiger partial charge in [-0.3, -0.25) is 4.79 Å². The molecule has 0 aliphatic heterocycles. The fourth-order valence-electron chi connectivity index (χ4n) is 2.85. The van der Waals surface area contributed by atoms with Crippen molar-refractivity contribution in [3.8, 4) is 0 Å². The highest BCUT2D eigenvalue weighted by atomic mass is 16.2. The minimum Gasteiger partial charge on any atom is -0.338 e. The summed E-state index contributed by atoms with van der Waals surface area (Å²) in [4.78, 5) is 21.2. The fraction of sp³-hybridized carbons (Fsp3) is 0.100. The predicted octanol–water partition coefficient (Wildman–Crippen LogP) is 2.95. The topological polar surface area (TPSA) is 72.2 Å². The van der Waals surface area contributed by atoms with Crippen molar-refractivity contribution in [1.82, 2.24) is 24.9 Å². The standard InChI is InChI=1S/C20H17N5O/c1-14-12-13-21-20-23-18(24-25(14)20)19(26)22-17(15-8-4-2-5-9-15)16-10-6-3-7-11-16/h2-13,17H,1H3,(H,22,26). The quantitative estimate of drug-likeness (QED) is 0.618. The first kappa shape index (κ1) is 16.0. The van der Waals surface area contributed by atoms with E-state index >= 15 is 0 Å². The molecule has 1 amide bonds. The Morgan fingerprint density at radius 2 is 1.58 bits per heavy atom. The van der Waals surface area contributed by atoms with E-state index in [2.05, 4.69) is 20.4 Å². The zero-order valence-corrected chi connectivity index (χ0v) is 14.2. The first-order chi connectivity index (χ1) is 12.7. The van der Waals surface area contributed by atoms with Gasteiger partial charge in [0.2, 0.25) is 5.82 Å². The monoisotopic (exact) mass is 343 g/mol. The number of nitrogens with zero attached hydrogens (tertiary/aromatic N) is 4. The lowest BCUT2D eigenvalue weighted by atomic mass is 9.99. The zero-order chi connectivity index (χ0) is 17.9. The van der Waals surface area contributed by atoms with Crippen molar-refractivity contribution in [3.05, 3.63) is 95.6 Å². The third-order valence-corrected chi connectivity index (χ3v) is 4.17. The van der Waals surface area contributed by atoms with Crippen LogP contribution in [0.1, 0.15) is 33.5 Å². The lowest BCUT2D eigenvalue weighted by Crippen LogP contribution is -2.30. The van der Waals surface area contributed by atoms with E-state index in [9.17, 15) is 4.79 Å². The number of aryl methyl sites for hydroxylation is 1. The van der Waals surface area contributed by atoms with Gasteiger partial charge >= 0.3 is 0 Å². The van der Waals surface area contributed by atoms with Crippen LogP contribution in [0, 0.1) is 6.92 Å². The molecule has 128 valence electrons.